The van der Waals surface area contributed by atoms with Gasteiger partial charge in [-0.05, 0) is 31.4 Å². The van der Waals surface area contributed by atoms with Crippen molar-refractivity contribution in [1.82, 2.24) is 0 Å². The lowest BCUT2D eigenvalue weighted by atomic mass is 10.1. The molecule has 0 spiro atoms. The number of anilines is 1. The fourth-order valence-electron chi connectivity index (χ4n) is 1.98. The van der Waals surface area contributed by atoms with Crippen molar-refractivity contribution in [1.29, 1.82) is 0 Å². The van der Waals surface area contributed by atoms with E-state index in [2.05, 4.69) is 0 Å². The Kier molecular flexibility index (Phi) is 3.64. The van der Waals surface area contributed by atoms with E-state index >= 15 is 0 Å². The van der Waals surface area contributed by atoms with Gasteiger partial charge >= 0.3 is 5.97 Å². The van der Waals surface area contributed by atoms with Gasteiger partial charge in [0, 0.05) is 12.3 Å². The Morgan fingerprint density at radius 1 is 1.53 bits per heavy atom. The maximum Gasteiger partial charge on any atom is 0.340 e. The van der Waals surface area contributed by atoms with Gasteiger partial charge in [0.05, 0.1) is 12.2 Å². The van der Waals surface area contributed by atoms with Gasteiger partial charge in [0.15, 0.2) is 0 Å². The van der Waals surface area contributed by atoms with Gasteiger partial charge in [-0.15, -0.1) is 0 Å². The first-order valence-corrected chi connectivity index (χ1v) is 5.82. The van der Waals surface area contributed by atoms with Crippen LogP contribution in [0.2, 0.25) is 0 Å². The van der Waals surface area contributed by atoms with Gasteiger partial charge < -0.3 is 15.2 Å². The summed E-state index contributed by atoms with van der Waals surface area (Å²) in [6, 6.07) is 5.39. The van der Waals surface area contributed by atoms with Crippen LogP contribution in [-0.2, 0) is 9.47 Å². The molecule has 17 heavy (non-hydrogen) atoms. The zero-order valence-electron chi connectivity index (χ0n) is 9.94. The van der Waals surface area contributed by atoms with Gasteiger partial charge in [-0.25, -0.2) is 4.79 Å². The van der Waals surface area contributed by atoms with Crippen molar-refractivity contribution in [2.75, 3.05) is 18.9 Å². The number of hydrogen-bond acceptors (Lipinski definition) is 4. The molecular formula is C13H17NO3. The summed E-state index contributed by atoms with van der Waals surface area (Å²) in [5.41, 5.74) is 7.57. The van der Waals surface area contributed by atoms with E-state index in [0.717, 1.165) is 25.0 Å². The van der Waals surface area contributed by atoms with Crippen LogP contribution in [0.3, 0.4) is 0 Å². The molecule has 0 bridgehead atoms. The first-order valence-electron chi connectivity index (χ1n) is 5.82. The Balaban J connectivity index is 2.08. The van der Waals surface area contributed by atoms with Gasteiger partial charge in [0.2, 0.25) is 0 Å². The van der Waals surface area contributed by atoms with Gasteiger partial charge in [0.1, 0.15) is 6.10 Å². The molecule has 4 nitrogen and oxygen atoms in total. The molecule has 1 unspecified atom stereocenters. The van der Waals surface area contributed by atoms with E-state index in [1.165, 1.54) is 0 Å². The molecule has 1 aliphatic heterocycles. The zero-order chi connectivity index (χ0) is 12.3. The number of esters is 1. The van der Waals surface area contributed by atoms with Crippen molar-refractivity contribution in [2.45, 2.75) is 25.9 Å². The zero-order valence-corrected chi connectivity index (χ0v) is 9.94. The Morgan fingerprint density at radius 3 is 3.00 bits per heavy atom. The Hall–Kier alpha value is -1.55. The third-order valence-electron chi connectivity index (χ3n) is 2.90. The van der Waals surface area contributed by atoms with Gasteiger partial charge in [0.25, 0.3) is 0 Å². The number of carbonyl (C=O) groups excluding carboxylic acids is 1. The number of benzene rings is 1. The molecule has 0 amide bonds. The molecule has 1 atom stereocenters. The minimum Gasteiger partial charge on any atom is -0.456 e. The van der Waals surface area contributed by atoms with E-state index in [0.29, 0.717) is 17.9 Å². The van der Waals surface area contributed by atoms with E-state index < -0.39 is 0 Å². The molecule has 0 aromatic heterocycles. The predicted octanol–water partition coefficient (Wildman–Crippen LogP) is 1.91. The van der Waals surface area contributed by atoms with Crippen LogP contribution >= 0.6 is 0 Å². The monoisotopic (exact) mass is 235 g/mol. The van der Waals surface area contributed by atoms with Crippen molar-refractivity contribution >= 4 is 11.7 Å². The Labute approximate surface area is 101 Å². The molecule has 1 aliphatic rings. The van der Waals surface area contributed by atoms with E-state index in [1.54, 1.807) is 6.07 Å². The van der Waals surface area contributed by atoms with Crippen LogP contribution in [-0.4, -0.2) is 25.3 Å². The van der Waals surface area contributed by atoms with Gasteiger partial charge in [-0.3, -0.25) is 0 Å². The normalized spacial score (nSPS) is 19.9. The average Bonchev–Trinajstić information content (AvgIpc) is 2.30. The predicted molar refractivity (Wildman–Crippen MR) is 64.8 cm³/mol. The molecule has 1 saturated heterocycles. The summed E-state index contributed by atoms with van der Waals surface area (Å²) in [4.78, 5) is 12.0. The van der Waals surface area contributed by atoms with Crippen LogP contribution < -0.4 is 5.73 Å². The summed E-state index contributed by atoms with van der Waals surface area (Å²) in [6.07, 6.45) is 1.65. The maximum atomic E-state index is 12.0. The second-order valence-corrected chi connectivity index (χ2v) is 4.28. The third kappa shape index (κ3) is 2.77. The van der Waals surface area contributed by atoms with E-state index in [9.17, 15) is 4.79 Å². The summed E-state index contributed by atoms with van der Waals surface area (Å²) >= 11 is 0. The molecule has 4 heteroatoms. The molecule has 1 heterocycles. The highest BCUT2D eigenvalue weighted by atomic mass is 16.6. The largest absolute Gasteiger partial charge is 0.456 e. The molecule has 0 aliphatic carbocycles. The van der Waals surface area contributed by atoms with Crippen LogP contribution in [0.4, 0.5) is 5.69 Å². The number of hydrogen-bond donors (Lipinski definition) is 1. The van der Waals surface area contributed by atoms with Crippen LogP contribution in [0.1, 0.15) is 28.8 Å². The molecule has 1 aromatic carbocycles. The molecule has 1 fully saturated rings. The lowest BCUT2D eigenvalue weighted by Gasteiger charge is -2.22. The molecule has 0 saturated carbocycles. The quantitative estimate of drug-likeness (QED) is 0.628. The highest BCUT2D eigenvalue weighted by molar-refractivity contribution is 5.96. The number of ether oxygens (including phenoxy) is 2. The minimum atomic E-state index is -0.351. The van der Waals surface area contributed by atoms with Crippen molar-refractivity contribution in [2.24, 2.45) is 0 Å². The van der Waals surface area contributed by atoms with Crippen molar-refractivity contribution in [3.63, 3.8) is 0 Å². The lowest BCUT2D eigenvalue weighted by Crippen LogP contribution is -2.28. The van der Waals surface area contributed by atoms with E-state index in [4.69, 9.17) is 15.2 Å². The van der Waals surface area contributed by atoms with E-state index in [-0.39, 0.29) is 12.1 Å². The van der Waals surface area contributed by atoms with Crippen molar-refractivity contribution in [3.05, 3.63) is 29.3 Å². The molecule has 2 rings (SSSR count). The number of nitrogens with two attached hydrogens (primary N) is 1. The highest BCUT2D eigenvalue weighted by Gasteiger charge is 2.21. The molecule has 0 radical (unpaired) electrons. The van der Waals surface area contributed by atoms with Crippen LogP contribution in [0.25, 0.3) is 0 Å². The van der Waals surface area contributed by atoms with Crippen LogP contribution in [0.15, 0.2) is 18.2 Å². The summed E-state index contributed by atoms with van der Waals surface area (Å²) in [6.45, 7) is 3.09. The smallest absolute Gasteiger partial charge is 0.340 e. The molecule has 92 valence electrons. The fourth-order valence-corrected chi connectivity index (χ4v) is 1.98. The summed E-state index contributed by atoms with van der Waals surface area (Å²) in [5, 5.41) is 0. The maximum absolute atomic E-state index is 12.0. The van der Waals surface area contributed by atoms with Crippen molar-refractivity contribution in [3.8, 4) is 0 Å². The van der Waals surface area contributed by atoms with Gasteiger partial charge in [-0.1, -0.05) is 12.1 Å². The number of aryl methyl sites for hydroxylation is 1. The summed E-state index contributed by atoms with van der Waals surface area (Å²) < 4.78 is 10.7. The summed E-state index contributed by atoms with van der Waals surface area (Å²) in [7, 11) is 0. The number of nitrogen functional groups attached to an aromatic ring is 1. The Morgan fingerprint density at radius 2 is 2.35 bits per heavy atom. The lowest BCUT2D eigenvalue weighted by molar-refractivity contribution is -0.0305. The summed E-state index contributed by atoms with van der Waals surface area (Å²) in [5.74, 6) is -0.351. The van der Waals surface area contributed by atoms with Crippen LogP contribution in [0, 0.1) is 6.92 Å². The van der Waals surface area contributed by atoms with Gasteiger partial charge in [-0.2, -0.15) is 0 Å². The van der Waals surface area contributed by atoms with E-state index in [1.807, 2.05) is 19.1 Å². The average molecular weight is 235 g/mol. The first-order chi connectivity index (χ1) is 8.18. The standard InChI is InChI=1S/C13H17NO3/c1-9-4-2-6-11(14)12(9)13(15)17-10-5-3-7-16-8-10/h2,4,6,10H,3,5,7-8,14H2,1H3. The molecular weight excluding hydrogens is 218 g/mol. The molecule has 2 N–H and O–H groups in total. The Bertz CT molecular complexity index is 391. The fraction of sp³-hybridized carbons (Fsp3) is 0.462. The number of carbonyl (C=O) groups is 1. The SMILES string of the molecule is Cc1cccc(N)c1C(=O)OC1CCCOC1. The minimum absolute atomic E-state index is 0.143. The third-order valence-corrected chi connectivity index (χ3v) is 2.90. The number of rotatable bonds is 2. The molecule has 1 aromatic rings. The second kappa shape index (κ2) is 5.19. The topological polar surface area (TPSA) is 61.6 Å². The first kappa shape index (κ1) is 11.9. The van der Waals surface area contributed by atoms with Crippen LogP contribution in [0.5, 0.6) is 0 Å². The van der Waals surface area contributed by atoms with Crippen molar-refractivity contribution < 1.29 is 14.3 Å². The highest BCUT2D eigenvalue weighted by Crippen LogP contribution is 2.19. The second-order valence-electron chi connectivity index (χ2n) is 4.28.